The summed E-state index contributed by atoms with van der Waals surface area (Å²) < 4.78 is 10.8. The molecule has 0 aliphatic carbocycles. The molecule has 2 rings (SSSR count). The van der Waals surface area contributed by atoms with E-state index in [1.54, 1.807) is 7.11 Å². The van der Waals surface area contributed by atoms with E-state index >= 15 is 0 Å². The van der Waals surface area contributed by atoms with Gasteiger partial charge in [-0.15, -0.1) is 12.4 Å². The lowest BCUT2D eigenvalue weighted by Crippen LogP contribution is -2.39. The number of carbonyl (C=O) groups is 1. The van der Waals surface area contributed by atoms with Gasteiger partial charge >= 0.3 is 0 Å². The largest absolute Gasteiger partial charge is 0.493 e. The van der Waals surface area contributed by atoms with Crippen LogP contribution in [0.4, 0.5) is 0 Å². The van der Waals surface area contributed by atoms with E-state index in [1.807, 2.05) is 37.3 Å². The zero-order chi connectivity index (χ0) is 15.1. The zero-order valence-electron chi connectivity index (χ0n) is 12.9. The van der Waals surface area contributed by atoms with Gasteiger partial charge in [0.1, 0.15) is 0 Å². The first kappa shape index (κ1) is 18.3. The molecule has 5 nitrogen and oxygen atoms in total. The lowest BCUT2D eigenvalue weighted by Gasteiger charge is -2.14. The fourth-order valence-electron chi connectivity index (χ4n) is 2.29. The second-order valence-corrected chi connectivity index (χ2v) is 4.96. The number of amides is 1. The summed E-state index contributed by atoms with van der Waals surface area (Å²) in [5, 5.41) is 6.15. The van der Waals surface area contributed by atoms with Gasteiger partial charge in [0.25, 0.3) is 5.91 Å². The summed E-state index contributed by atoms with van der Waals surface area (Å²) >= 11 is 0. The monoisotopic (exact) mass is 326 g/mol. The topological polar surface area (TPSA) is 59.6 Å². The second kappa shape index (κ2) is 9.33. The Morgan fingerprint density at radius 1 is 1.45 bits per heavy atom. The van der Waals surface area contributed by atoms with E-state index in [4.69, 9.17) is 9.47 Å². The zero-order valence-corrected chi connectivity index (χ0v) is 13.7. The van der Waals surface area contributed by atoms with Gasteiger partial charge in [0.2, 0.25) is 0 Å². The summed E-state index contributed by atoms with van der Waals surface area (Å²) in [6, 6.07) is 5.84. The van der Waals surface area contributed by atoms with Gasteiger partial charge in [-0.25, -0.2) is 0 Å². The van der Waals surface area contributed by atoms with Gasteiger partial charge in [-0.05, 0) is 37.6 Å². The van der Waals surface area contributed by atoms with Crippen LogP contribution in [0.1, 0.15) is 18.9 Å². The molecule has 0 saturated carbocycles. The highest BCUT2D eigenvalue weighted by Gasteiger charge is 2.17. The molecule has 1 fully saturated rings. The molecule has 6 heteroatoms. The molecule has 1 aliphatic rings. The molecular formula is C16H23ClN2O3. The number of hydrogen-bond acceptors (Lipinski definition) is 4. The van der Waals surface area contributed by atoms with Crippen molar-refractivity contribution >= 4 is 24.4 Å². The number of carbonyl (C=O) groups excluding carboxylic acids is 1. The highest BCUT2D eigenvalue weighted by molar-refractivity contribution is 5.85. The maximum absolute atomic E-state index is 11.8. The Balaban J connectivity index is 0.00000242. The number of nitrogens with one attached hydrogen (secondary N) is 2. The minimum absolute atomic E-state index is 0. The van der Waals surface area contributed by atoms with Crippen molar-refractivity contribution in [2.45, 2.75) is 19.4 Å². The van der Waals surface area contributed by atoms with E-state index in [0.29, 0.717) is 11.5 Å². The van der Waals surface area contributed by atoms with Crippen molar-refractivity contribution < 1.29 is 14.3 Å². The predicted octanol–water partition coefficient (Wildman–Crippen LogP) is 2.01. The van der Waals surface area contributed by atoms with E-state index in [9.17, 15) is 4.79 Å². The average molecular weight is 327 g/mol. The fraction of sp³-hybridized carbons (Fsp3) is 0.438. The highest BCUT2D eigenvalue weighted by atomic mass is 35.5. The molecule has 22 heavy (non-hydrogen) atoms. The van der Waals surface area contributed by atoms with Gasteiger partial charge in [-0.3, -0.25) is 4.79 Å². The first-order valence-corrected chi connectivity index (χ1v) is 7.16. The van der Waals surface area contributed by atoms with E-state index in [-0.39, 0.29) is 31.0 Å². The van der Waals surface area contributed by atoms with Crippen LogP contribution >= 0.6 is 12.4 Å². The van der Waals surface area contributed by atoms with E-state index in [2.05, 4.69) is 10.6 Å². The maximum atomic E-state index is 11.8. The molecule has 1 aliphatic heterocycles. The number of benzene rings is 1. The molecule has 1 aromatic carbocycles. The number of ether oxygens (including phenoxy) is 2. The van der Waals surface area contributed by atoms with Crippen molar-refractivity contribution in [2.75, 3.05) is 26.8 Å². The molecule has 1 heterocycles. The Hall–Kier alpha value is -1.72. The third kappa shape index (κ3) is 5.24. The number of hydrogen-bond donors (Lipinski definition) is 2. The van der Waals surface area contributed by atoms with Gasteiger partial charge < -0.3 is 20.1 Å². The standard InChI is InChI=1S/C16H22N2O3.ClH/c1-3-4-12-5-6-14(15(9-12)20-2)21-11-16(19)18-13-7-8-17-10-13;/h3-6,9,13,17H,7-8,10-11H2,1-2H3,(H,18,19);1H/b4-3+;. The molecular weight excluding hydrogens is 304 g/mol. The van der Waals surface area contributed by atoms with E-state index < -0.39 is 0 Å². The molecule has 122 valence electrons. The van der Waals surface area contributed by atoms with Gasteiger partial charge in [0.15, 0.2) is 18.1 Å². The summed E-state index contributed by atoms with van der Waals surface area (Å²) in [5.41, 5.74) is 1.03. The van der Waals surface area contributed by atoms with Crippen LogP contribution in [0.2, 0.25) is 0 Å². The second-order valence-electron chi connectivity index (χ2n) is 4.96. The van der Waals surface area contributed by atoms with Crippen LogP contribution in [0.3, 0.4) is 0 Å². The Morgan fingerprint density at radius 2 is 2.27 bits per heavy atom. The van der Waals surface area contributed by atoms with Crippen molar-refractivity contribution in [3.63, 3.8) is 0 Å². The maximum Gasteiger partial charge on any atom is 0.258 e. The summed E-state index contributed by atoms with van der Waals surface area (Å²) in [6.07, 6.45) is 4.90. The smallest absolute Gasteiger partial charge is 0.258 e. The molecule has 1 saturated heterocycles. The molecule has 0 radical (unpaired) electrons. The molecule has 1 unspecified atom stereocenters. The lowest BCUT2D eigenvalue weighted by molar-refractivity contribution is -0.123. The molecule has 1 aromatic rings. The van der Waals surface area contributed by atoms with Crippen molar-refractivity contribution in [1.82, 2.24) is 10.6 Å². The highest BCUT2D eigenvalue weighted by Crippen LogP contribution is 2.28. The van der Waals surface area contributed by atoms with E-state index in [1.165, 1.54) is 0 Å². The van der Waals surface area contributed by atoms with Crippen LogP contribution in [-0.4, -0.2) is 38.8 Å². The number of rotatable bonds is 6. The van der Waals surface area contributed by atoms with E-state index in [0.717, 1.165) is 25.1 Å². The van der Waals surface area contributed by atoms with Crippen molar-refractivity contribution in [2.24, 2.45) is 0 Å². The van der Waals surface area contributed by atoms with Crippen molar-refractivity contribution in [1.29, 1.82) is 0 Å². The lowest BCUT2D eigenvalue weighted by atomic mass is 10.2. The van der Waals surface area contributed by atoms with Crippen LogP contribution < -0.4 is 20.1 Å². The minimum Gasteiger partial charge on any atom is -0.493 e. The van der Waals surface area contributed by atoms with Crippen molar-refractivity contribution in [3.05, 3.63) is 29.8 Å². The first-order chi connectivity index (χ1) is 10.2. The summed E-state index contributed by atoms with van der Waals surface area (Å²) in [7, 11) is 1.59. The molecule has 1 amide bonds. The average Bonchev–Trinajstić information content (AvgIpc) is 2.99. The predicted molar refractivity (Wildman–Crippen MR) is 89.9 cm³/mol. The number of allylic oxidation sites excluding steroid dienone is 1. The number of methoxy groups -OCH3 is 1. The molecule has 0 bridgehead atoms. The van der Waals surface area contributed by atoms with Crippen LogP contribution in [-0.2, 0) is 4.79 Å². The Bertz CT molecular complexity index is 514. The van der Waals surface area contributed by atoms with Crippen LogP contribution in [0.15, 0.2) is 24.3 Å². The molecule has 0 spiro atoms. The quantitative estimate of drug-likeness (QED) is 0.839. The van der Waals surface area contributed by atoms with Gasteiger partial charge in [0.05, 0.1) is 7.11 Å². The fourth-order valence-corrected chi connectivity index (χ4v) is 2.29. The summed E-state index contributed by atoms with van der Waals surface area (Å²) in [4.78, 5) is 11.8. The SMILES string of the molecule is C/C=C/c1ccc(OCC(=O)NC2CCNC2)c(OC)c1.Cl. The summed E-state index contributed by atoms with van der Waals surface area (Å²) in [6.45, 7) is 3.73. The summed E-state index contributed by atoms with van der Waals surface area (Å²) in [5.74, 6) is 1.09. The van der Waals surface area contributed by atoms with Gasteiger partial charge in [-0.2, -0.15) is 0 Å². The first-order valence-electron chi connectivity index (χ1n) is 7.16. The Morgan fingerprint density at radius 3 is 2.91 bits per heavy atom. The third-order valence-electron chi connectivity index (χ3n) is 3.33. The van der Waals surface area contributed by atoms with Gasteiger partial charge in [0, 0.05) is 12.6 Å². The van der Waals surface area contributed by atoms with Gasteiger partial charge in [-0.1, -0.05) is 18.2 Å². The number of halogens is 1. The molecule has 0 aromatic heterocycles. The van der Waals surface area contributed by atoms with Crippen LogP contribution in [0.25, 0.3) is 6.08 Å². The Kier molecular flexibility index (Phi) is 7.77. The van der Waals surface area contributed by atoms with Crippen LogP contribution in [0.5, 0.6) is 11.5 Å². The van der Waals surface area contributed by atoms with Crippen molar-refractivity contribution in [3.8, 4) is 11.5 Å². The molecule has 1 atom stereocenters. The molecule has 2 N–H and O–H groups in total. The van der Waals surface area contributed by atoms with Crippen LogP contribution in [0, 0.1) is 0 Å². The minimum atomic E-state index is -0.108. The normalized spacial score (nSPS) is 17.1. The third-order valence-corrected chi connectivity index (χ3v) is 3.33. The Labute approximate surface area is 137 Å².